The highest BCUT2D eigenvalue weighted by Gasteiger charge is 2.20. The number of carboxylic acid groups (broad SMARTS) is 1. The minimum absolute atomic E-state index is 0.238. The Labute approximate surface area is 124 Å². The molecule has 0 amide bonds. The van der Waals surface area contributed by atoms with Crippen molar-refractivity contribution in [2.24, 2.45) is 0 Å². The first-order valence-corrected chi connectivity index (χ1v) is 7.15. The second-order valence-electron chi connectivity index (χ2n) is 4.35. The smallest absolute Gasteiger partial charge is 0.348 e. The maximum absolute atomic E-state index is 11.4. The third-order valence-corrected chi connectivity index (χ3v) is 4.09. The summed E-state index contributed by atoms with van der Waals surface area (Å²) in [6, 6.07) is 5.27. The molecule has 2 heterocycles. The molecule has 0 aliphatic carbocycles. The van der Waals surface area contributed by atoms with Gasteiger partial charge < -0.3 is 15.6 Å². The van der Waals surface area contributed by atoms with Gasteiger partial charge in [-0.05, 0) is 25.1 Å². The van der Waals surface area contributed by atoms with E-state index in [-0.39, 0.29) is 4.88 Å². The molecule has 3 N–H and O–H groups in total. The van der Waals surface area contributed by atoms with Crippen LogP contribution in [0.1, 0.15) is 16.6 Å². The molecule has 0 saturated heterocycles. The van der Waals surface area contributed by atoms with Crippen molar-refractivity contribution in [3.63, 3.8) is 0 Å². The lowest BCUT2D eigenvalue weighted by atomic mass is 10.1. The fraction of sp³-hybridized carbons (Fsp3) is 0.143. The normalized spacial score (nSPS) is 10.9. The van der Waals surface area contributed by atoms with E-state index in [2.05, 4.69) is 4.98 Å². The molecule has 3 rings (SSSR count). The predicted octanol–water partition coefficient (Wildman–Crippen LogP) is 2.74. The molecule has 0 fully saturated rings. The van der Waals surface area contributed by atoms with Crippen LogP contribution >= 0.6 is 11.3 Å². The van der Waals surface area contributed by atoms with E-state index in [1.807, 2.05) is 6.92 Å². The quantitative estimate of drug-likeness (QED) is 0.723. The highest BCUT2D eigenvalue weighted by molar-refractivity contribution is 7.19. The maximum atomic E-state index is 11.4. The van der Waals surface area contributed by atoms with Crippen LogP contribution in [0.25, 0.3) is 16.2 Å². The summed E-state index contributed by atoms with van der Waals surface area (Å²) in [5.74, 6) is -0.386. The summed E-state index contributed by atoms with van der Waals surface area (Å²) in [6.07, 6.45) is 3.37. The number of hydrogen-bond donors (Lipinski definition) is 2. The number of aromatic carboxylic acids is 1. The highest BCUT2D eigenvalue weighted by Crippen LogP contribution is 2.34. The minimum Gasteiger partial charge on any atom is -0.492 e. The number of nitrogens with zero attached hydrogens (tertiary/aromatic N) is 2. The molecule has 0 aliphatic rings. The Kier molecular flexibility index (Phi) is 3.26. The van der Waals surface area contributed by atoms with Crippen molar-refractivity contribution in [3.8, 4) is 17.0 Å². The topological polar surface area (TPSA) is 89.8 Å². The van der Waals surface area contributed by atoms with Gasteiger partial charge in [0.15, 0.2) is 4.96 Å². The molecule has 0 aliphatic heterocycles. The standard InChI is InChI=1S/C14H13N3O3S/c1-2-20-10-4-3-8(7-9(10)15)11-12(13(18)19)21-14-16-5-6-17(11)14/h3-7H,2,15H2,1H3,(H,18,19). The summed E-state index contributed by atoms with van der Waals surface area (Å²) in [5, 5.41) is 9.37. The van der Waals surface area contributed by atoms with Crippen LogP contribution < -0.4 is 10.5 Å². The van der Waals surface area contributed by atoms with E-state index in [9.17, 15) is 9.90 Å². The van der Waals surface area contributed by atoms with Crippen LogP contribution in [-0.4, -0.2) is 27.1 Å². The van der Waals surface area contributed by atoms with Crippen molar-refractivity contribution in [2.45, 2.75) is 6.92 Å². The molecule has 0 radical (unpaired) electrons. The Hall–Kier alpha value is -2.54. The zero-order chi connectivity index (χ0) is 15.0. The van der Waals surface area contributed by atoms with Crippen molar-refractivity contribution in [1.82, 2.24) is 9.38 Å². The Morgan fingerprint density at radius 1 is 1.52 bits per heavy atom. The number of thiazole rings is 1. The van der Waals surface area contributed by atoms with Crippen LogP contribution in [0.4, 0.5) is 5.69 Å². The van der Waals surface area contributed by atoms with E-state index in [1.54, 1.807) is 35.0 Å². The van der Waals surface area contributed by atoms with Gasteiger partial charge >= 0.3 is 5.97 Å². The van der Waals surface area contributed by atoms with Gasteiger partial charge in [0, 0.05) is 18.0 Å². The number of hydrogen-bond acceptors (Lipinski definition) is 5. The molecular weight excluding hydrogens is 290 g/mol. The SMILES string of the molecule is CCOc1ccc(-c2c(C(=O)O)sc3nccn23)cc1N. The van der Waals surface area contributed by atoms with Crippen LogP contribution in [0, 0.1) is 0 Å². The van der Waals surface area contributed by atoms with Gasteiger partial charge in [-0.15, -0.1) is 0 Å². The minimum atomic E-state index is -0.979. The summed E-state index contributed by atoms with van der Waals surface area (Å²) in [6.45, 7) is 2.40. The van der Waals surface area contributed by atoms with Gasteiger partial charge in [-0.2, -0.15) is 0 Å². The molecule has 0 bridgehead atoms. The monoisotopic (exact) mass is 303 g/mol. The molecule has 0 spiro atoms. The fourth-order valence-electron chi connectivity index (χ4n) is 2.18. The molecule has 7 heteroatoms. The van der Waals surface area contributed by atoms with E-state index >= 15 is 0 Å². The second kappa shape index (κ2) is 5.10. The summed E-state index contributed by atoms with van der Waals surface area (Å²) in [4.78, 5) is 16.4. The van der Waals surface area contributed by atoms with Crippen molar-refractivity contribution in [1.29, 1.82) is 0 Å². The molecule has 6 nitrogen and oxygen atoms in total. The van der Waals surface area contributed by atoms with Crippen LogP contribution in [0.2, 0.25) is 0 Å². The average Bonchev–Trinajstić information content (AvgIpc) is 3.01. The number of fused-ring (bicyclic) bond motifs is 1. The molecule has 0 unspecified atom stereocenters. The third kappa shape index (κ3) is 2.21. The molecular formula is C14H13N3O3S. The van der Waals surface area contributed by atoms with Gasteiger partial charge in [0.25, 0.3) is 0 Å². The van der Waals surface area contributed by atoms with Gasteiger partial charge in [-0.25, -0.2) is 9.78 Å². The summed E-state index contributed by atoms with van der Waals surface area (Å²) < 4.78 is 7.15. The van der Waals surface area contributed by atoms with Gasteiger partial charge in [-0.1, -0.05) is 11.3 Å². The Morgan fingerprint density at radius 2 is 2.33 bits per heavy atom. The average molecular weight is 303 g/mol. The number of nitrogen functional groups attached to an aromatic ring is 1. The summed E-state index contributed by atoms with van der Waals surface area (Å²) >= 11 is 1.13. The molecule has 1 aromatic carbocycles. The molecule has 0 saturated carbocycles. The van der Waals surface area contributed by atoms with Crippen molar-refractivity contribution in [3.05, 3.63) is 35.5 Å². The first kappa shape index (κ1) is 13.4. The summed E-state index contributed by atoms with van der Waals surface area (Å²) in [5.41, 5.74) is 7.74. The number of aromatic nitrogens is 2. The number of ether oxygens (including phenoxy) is 1. The lowest BCUT2D eigenvalue weighted by molar-refractivity contribution is 0.0702. The van der Waals surface area contributed by atoms with Crippen LogP contribution in [0.15, 0.2) is 30.6 Å². The molecule has 3 aromatic rings. The van der Waals surface area contributed by atoms with E-state index in [4.69, 9.17) is 10.5 Å². The Bertz CT molecular complexity index is 822. The number of nitrogens with two attached hydrogens (primary N) is 1. The Balaban J connectivity index is 2.19. The van der Waals surface area contributed by atoms with Crippen molar-refractivity contribution < 1.29 is 14.6 Å². The van der Waals surface area contributed by atoms with Gasteiger partial charge in [0.2, 0.25) is 0 Å². The van der Waals surface area contributed by atoms with Gasteiger partial charge in [0.1, 0.15) is 10.6 Å². The first-order chi connectivity index (χ1) is 10.1. The van der Waals surface area contributed by atoms with E-state index in [0.717, 1.165) is 16.9 Å². The third-order valence-electron chi connectivity index (χ3n) is 3.03. The number of benzene rings is 1. The summed E-state index contributed by atoms with van der Waals surface area (Å²) in [7, 11) is 0. The molecule has 2 aromatic heterocycles. The molecule has 0 atom stereocenters. The number of imidazole rings is 1. The van der Waals surface area contributed by atoms with Crippen LogP contribution in [0.5, 0.6) is 5.75 Å². The van der Waals surface area contributed by atoms with Gasteiger partial charge in [-0.3, -0.25) is 4.40 Å². The number of carboxylic acids is 1. The number of rotatable bonds is 4. The zero-order valence-corrected chi connectivity index (χ0v) is 12.1. The maximum Gasteiger partial charge on any atom is 0.348 e. The van der Waals surface area contributed by atoms with E-state index < -0.39 is 5.97 Å². The predicted molar refractivity (Wildman–Crippen MR) is 81.0 cm³/mol. The second-order valence-corrected chi connectivity index (χ2v) is 5.33. The zero-order valence-electron chi connectivity index (χ0n) is 11.2. The lowest BCUT2D eigenvalue weighted by Crippen LogP contribution is -2.00. The first-order valence-electron chi connectivity index (χ1n) is 6.33. The van der Waals surface area contributed by atoms with Crippen LogP contribution in [-0.2, 0) is 0 Å². The highest BCUT2D eigenvalue weighted by atomic mass is 32.1. The van der Waals surface area contributed by atoms with Crippen molar-refractivity contribution in [2.75, 3.05) is 12.3 Å². The number of carbonyl (C=O) groups is 1. The van der Waals surface area contributed by atoms with E-state index in [1.165, 1.54) is 0 Å². The largest absolute Gasteiger partial charge is 0.492 e. The fourth-order valence-corrected chi connectivity index (χ4v) is 3.13. The van der Waals surface area contributed by atoms with Gasteiger partial charge in [0.05, 0.1) is 18.0 Å². The number of anilines is 1. The Morgan fingerprint density at radius 3 is 3.00 bits per heavy atom. The van der Waals surface area contributed by atoms with Crippen molar-refractivity contribution >= 4 is 28.0 Å². The molecule has 21 heavy (non-hydrogen) atoms. The van der Waals surface area contributed by atoms with Crippen LogP contribution in [0.3, 0.4) is 0 Å². The lowest BCUT2D eigenvalue weighted by Gasteiger charge is -2.09. The molecule has 108 valence electrons. The van der Waals surface area contributed by atoms with E-state index in [0.29, 0.717) is 28.7 Å².